The van der Waals surface area contributed by atoms with Crippen molar-refractivity contribution in [2.24, 2.45) is 12.8 Å². The summed E-state index contributed by atoms with van der Waals surface area (Å²) in [4.78, 5) is 4.31. The number of nitrogens with zero attached hydrogens (tertiary/aromatic N) is 2. The number of rotatable bonds is 6. The highest BCUT2D eigenvalue weighted by molar-refractivity contribution is 5.42. The van der Waals surface area contributed by atoms with Gasteiger partial charge in [0, 0.05) is 43.5 Å². The minimum atomic E-state index is -0.0902. The lowest BCUT2D eigenvalue weighted by atomic mass is 10.0. The zero-order valence-corrected chi connectivity index (χ0v) is 12.2. The van der Waals surface area contributed by atoms with Crippen molar-refractivity contribution in [3.05, 3.63) is 42.0 Å². The fraction of sp³-hybridized carbons (Fsp3) is 0.400. The van der Waals surface area contributed by atoms with E-state index in [1.807, 2.05) is 36.0 Å². The number of aromatic nitrogens is 2. The molecule has 0 saturated carbocycles. The van der Waals surface area contributed by atoms with Gasteiger partial charge >= 0.3 is 0 Å². The molecule has 0 aliphatic carbocycles. The predicted octanol–water partition coefficient (Wildman–Crippen LogP) is 2.07. The molecule has 0 radical (unpaired) electrons. The van der Waals surface area contributed by atoms with Crippen LogP contribution in [0, 0.1) is 0 Å². The van der Waals surface area contributed by atoms with E-state index in [-0.39, 0.29) is 6.04 Å². The summed E-state index contributed by atoms with van der Waals surface area (Å²) in [5.74, 6) is 2.56. The number of hydrogen-bond donors (Lipinski definition) is 1. The van der Waals surface area contributed by atoms with Crippen LogP contribution in [-0.4, -0.2) is 23.8 Å². The summed E-state index contributed by atoms with van der Waals surface area (Å²) < 4.78 is 12.6. The van der Waals surface area contributed by atoms with E-state index in [9.17, 15) is 0 Å². The molecule has 0 amide bonds. The van der Waals surface area contributed by atoms with Crippen LogP contribution in [0.3, 0.4) is 0 Å². The standard InChI is InChI=1S/C15H21N3O2/c1-18-9-8-17-15(18)7-6-13(16)12-5-4-11(19-2)10-14(12)20-3/h4-5,8-10,13H,6-7,16H2,1-3H3. The lowest BCUT2D eigenvalue weighted by molar-refractivity contribution is 0.387. The average molecular weight is 275 g/mol. The SMILES string of the molecule is COc1ccc(C(N)CCc2nccn2C)c(OC)c1. The highest BCUT2D eigenvalue weighted by atomic mass is 16.5. The Balaban J connectivity index is 2.08. The van der Waals surface area contributed by atoms with Gasteiger partial charge in [0.25, 0.3) is 0 Å². The Hall–Kier alpha value is -2.01. The Labute approximate surface area is 119 Å². The molecular formula is C15H21N3O2. The van der Waals surface area contributed by atoms with Gasteiger partial charge in [-0.25, -0.2) is 4.98 Å². The number of benzene rings is 1. The molecule has 1 aromatic carbocycles. The van der Waals surface area contributed by atoms with E-state index in [1.165, 1.54) is 0 Å². The van der Waals surface area contributed by atoms with Crippen molar-refractivity contribution in [3.8, 4) is 11.5 Å². The zero-order chi connectivity index (χ0) is 14.5. The van der Waals surface area contributed by atoms with Crippen molar-refractivity contribution in [1.29, 1.82) is 0 Å². The van der Waals surface area contributed by atoms with Crippen LogP contribution in [0.1, 0.15) is 23.9 Å². The summed E-state index contributed by atoms with van der Waals surface area (Å²) in [5, 5.41) is 0. The smallest absolute Gasteiger partial charge is 0.127 e. The summed E-state index contributed by atoms with van der Waals surface area (Å²) in [7, 11) is 5.26. The summed E-state index contributed by atoms with van der Waals surface area (Å²) in [5.41, 5.74) is 7.26. The summed E-state index contributed by atoms with van der Waals surface area (Å²) in [6, 6.07) is 5.63. The fourth-order valence-corrected chi connectivity index (χ4v) is 2.20. The van der Waals surface area contributed by atoms with Crippen molar-refractivity contribution in [2.45, 2.75) is 18.9 Å². The number of imidazole rings is 1. The Morgan fingerprint density at radius 3 is 2.70 bits per heavy atom. The maximum Gasteiger partial charge on any atom is 0.127 e. The topological polar surface area (TPSA) is 62.3 Å². The maximum absolute atomic E-state index is 6.27. The molecule has 0 bridgehead atoms. The van der Waals surface area contributed by atoms with E-state index in [1.54, 1.807) is 20.4 Å². The number of nitrogens with two attached hydrogens (primary N) is 1. The highest BCUT2D eigenvalue weighted by Gasteiger charge is 2.14. The van der Waals surface area contributed by atoms with Crippen LogP contribution < -0.4 is 15.2 Å². The molecule has 2 aromatic rings. The normalized spacial score (nSPS) is 12.2. The molecule has 5 heteroatoms. The Bertz CT molecular complexity index is 566. The molecule has 20 heavy (non-hydrogen) atoms. The monoisotopic (exact) mass is 275 g/mol. The minimum Gasteiger partial charge on any atom is -0.497 e. The van der Waals surface area contributed by atoms with Crippen molar-refractivity contribution >= 4 is 0 Å². The first-order valence-corrected chi connectivity index (χ1v) is 6.59. The second-order valence-corrected chi connectivity index (χ2v) is 4.71. The summed E-state index contributed by atoms with van der Waals surface area (Å²) in [6.07, 6.45) is 5.39. The Morgan fingerprint density at radius 1 is 1.30 bits per heavy atom. The lowest BCUT2D eigenvalue weighted by Crippen LogP contribution is -2.13. The van der Waals surface area contributed by atoms with Crippen LogP contribution in [0.25, 0.3) is 0 Å². The van der Waals surface area contributed by atoms with Crippen LogP contribution >= 0.6 is 0 Å². The van der Waals surface area contributed by atoms with Gasteiger partial charge in [0.1, 0.15) is 17.3 Å². The quantitative estimate of drug-likeness (QED) is 0.876. The minimum absolute atomic E-state index is 0.0902. The molecule has 0 aliphatic rings. The van der Waals surface area contributed by atoms with Crippen LogP contribution in [0.5, 0.6) is 11.5 Å². The van der Waals surface area contributed by atoms with Gasteiger partial charge in [0.2, 0.25) is 0 Å². The largest absolute Gasteiger partial charge is 0.497 e. The lowest BCUT2D eigenvalue weighted by Gasteiger charge is -2.16. The molecule has 0 spiro atoms. The van der Waals surface area contributed by atoms with Crippen molar-refractivity contribution in [2.75, 3.05) is 14.2 Å². The molecule has 1 heterocycles. The third kappa shape index (κ3) is 3.11. The molecule has 5 nitrogen and oxygen atoms in total. The van der Waals surface area contributed by atoms with Gasteiger partial charge in [0.05, 0.1) is 14.2 Å². The molecule has 0 aliphatic heterocycles. The Morgan fingerprint density at radius 2 is 2.10 bits per heavy atom. The summed E-state index contributed by atoms with van der Waals surface area (Å²) >= 11 is 0. The van der Waals surface area contributed by atoms with Crippen molar-refractivity contribution < 1.29 is 9.47 Å². The second-order valence-electron chi connectivity index (χ2n) is 4.71. The third-order valence-corrected chi connectivity index (χ3v) is 3.44. The number of hydrogen-bond acceptors (Lipinski definition) is 4. The molecular weight excluding hydrogens is 254 g/mol. The maximum atomic E-state index is 6.27. The van der Waals surface area contributed by atoms with E-state index in [4.69, 9.17) is 15.2 Å². The van der Waals surface area contributed by atoms with E-state index in [0.29, 0.717) is 0 Å². The van der Waals surface area contributed by atoms with Gasteiger partial charge in [0.15, 0.2) is 0 Å². The van der Waals surface area contributed by atoms with Gasteiger partial charge in [-0.05, 0) is 12.5 Å². The van der Waals surface area contributed by atoms with Crippen LogP contribution in [0.2, 0.25) is 0 Å². The van der Waals surface area contributed by atoms with Crippen LogP contribution in [0.15, 0.2) is 30.6 Å². The second kappa shape index (κ2) is 6.43. The van der Waals surface area contributed by atoms with Crippen molar-refractivity contribution in [3.63, 3.8) is 0 Å². The first kappa shape index (κ1) is 14.4. The van der Waals surface area contributed by atoms with Gasteiger partial charge in [-0.2, -0.15) is 0 Å². The van der Waals surface area contributed by atoms with Crippen LogP contribution in [0.4, 0.5) is 0 Å². The van der Waals surface area contributed by atoms with Gasteiger partial charge in [-0.15, -0.1) is 0 Å². The molecule has 1 aromatic heterocycles. The first-order chi connectivity index (χ1) is 9.65. The predicted molar refractivity (Wildman–Crippen MR) is 78.0 cm³/mol. The van der Waals surface area contributed by atoms with E-state index < -0.39 is 0 Å². The molecule has 2 rings (SSSR count). The third-order valence-electron chi connectivity index (χ3n) is 3.44. The van der Waals surface area contributed by atoms with Gasteiger partial charge < -0.3 is 19.8 Å². The number of aryl methyl sites for hydroxylation is 2. The van der Waals surface area contributed by atoms with E-state index in [2.05, 4.69) is 4.98 Å². The average Bonchev–Trinajstić information content (AvgIpc) is 2.89. The first-order valence-electron chi connectivity index (χ1n) is 6.59. The Kier molecular flexibility index (Phi) is 4.63. The molecule has 108 valence electrons. The molecule has 2 N–H and O–H groups in total. The number of ether oxygens (including phenoxy) is 2. The summed E-state index contributed by atoms with van der Waals surface area (Å²) in [6.45, 7) is 0. The highest BCUT2D eigenvalue weighted by Crippen LogP contribution is 2.30. The van der Waals surface area contributed by atoms with Crippen molar-refractivity contribution in [1.82, 2.24) is 9.55 Å². The molecule has 1 atom stereocenters. The van der Waals surface area contributed by atoms with Gasteiger partial charge in [-0.1, -0.05) is 6.07 Å². The fourth-order valence-electron chi connectivity index (χ4n) is 2.20. The zero-order valence-electron chi connectivity index (χ0n) is 12.2. The molecule has 0 fully saturated rings. The van der Waals surface area contributed by atoms with Gasteiger partial charge in [-0.3, -0.25) is 0 Å². The molecule has 0 saturated heterocycles. The molecule has 1 unspecified atom stereocenters. The number of methoxy groups -OCH3 is 2. The van der Waals surface area contributed by atoms with E-state index >= 15 is 0 Å². The van der Waals surface area contributed by atoms with Crippen LogP contribution in [-0.2, 0) is 13.5 Å². The van der Waals surface area contributed by atoms with E-state index in [0.717, 1.165) is 35.7 Å².